The number of hydrogen-bond donors (Lipinski definition) is 1. The zero-order chi connectivity index (χ0) is 13.7. The molecule has 0 radical (unpaired) electrons. The summed E-state index contributed by atoms with van der Waals surface area (Å²) in [4.78, 5) is 0. The molecule has 104 valence electrons. The molecule has 19 heavy (non-hydrogen) atoms. The van der Waals surface area contributed by atoms with Gasteiger partial charge in [0.1, 0.15) is 0 Å². The van der Waals surface area contributed by atoms with Crippen LogP contribution in [0.25, 0.3) is 10.9 Å². The van der Waals surface area contributed by atoms with Gasteiger partial charge in [0.25, 0.3) is 0 Å². The van der Waals surface area contributed by atoms with E-state index in [9.17, 15) is 0 Å². The van der Waals surface area contributed by atoms with Crippen molar-refractivity contribution in [2.45, 2.75) is 39.3 Å². The van der Waals surface area contributed by atoms with E-state index in [4.69, 9.17) is 5.73 Å². The van der Waals surface area contributed by atoms with Crippen LogP contribution in [0.3, 0.4) is 0 Å². The van der Waals surface area contributed by atoms with E-state index in [0.717, 1.165) is 13.0 Å². The minimum atomic E-state index is 0.218. The highest BCUT2D eigenvalue weighted by molar-refractivity contribution is 7.99. The number of rotatable bonds is 7. The van der Waals surface area contributed by atoms with Crippen LogP contribution >= 0.6 is 11.8 Å². The molecule has 3 heteroatoms. The summed E-state index contributed by atoms with van der Waals surface area (Å²) in [6, 6.07) is 8.88. The van der Waals surface area contributed by atoms with Gasteiger partial charge >= 0.3 is 0 Å². The Morgan fingerprint density at radius 1 is 1.32 bits per heavy atom. The molecule has 1 unspecified atom stereocenters. The molecule has 2 aromatic rings. The van der Waals surface area contributed by atoms with E-state index < -0.39 is 0 Å². The molecule has 1 aromatic heterocycles. The van der Waals surface area contributed by atoms with Gasteiger partial charge in [-0.1, -0.05) is 25.1 Å². The molecule has 0 aliphatic carbocycles. The van der Waals surface area contributed by atoms with Crippen LogP contribution in [0, 0.1) is 0 Å². The maximum atomic E-state index is 5.95. The SMILES string of the molecule is CCSCCCn1cc(CC(C)N)c2ccccc21. The first kappa shape index (κ1) is 14.5. The van der Waals surface area contributed by atoms with Gasteiger partial charge in [-0.25, -0.2) is 0 Å². The molecule has 0 aliphatic heterocycles. The van der Waals surface area contributed by atoms with Crippen LogP contribution in [0.5, 0.6) is 0 Å². The Kier molecular flexibility index (Phi) is 5.34. The van der Waals surface area contributed by atoms with E-state index in [-0.39, 0.29) is 6.04 Å². The molecular formula is C16H24N2S. The zero-order valence-corrected chi connectivity index (χ0v) is 12.7. The fourth-order valence-corrected chi connectivity index (χ4v) is 3.12. The lowest BCUT2D eigenvalue weighted by Gasteiger charge is -2.04. The Hall–Kier alpha value is -0.930. The number of nitrogens with two attached hydrogens (primary N) is 1. The first-order valence-electron chi connectivity index (χ1n) is 7.12. The fourth-order valence-electron chi connectivity index (χ4n) is 2.50. The number of hydrogen-bond acceptors (Lipinski definition) is 2. The molecule has 2 nitrogen and oxygen atoms in total. The van der Waals surface area contributed by atoms with E-state index in [0.29, 0.717) is 0 Å². The van der Waals surface area contributed by atoms with Gasteiger partial charge in [-0.2, -0.15) is 11.8 Å². The Morgan fingerprint density at radius 3 is 2.84 bits per heavy atom. The molecule has 0 aliphatic rings. The van der Waals surface area contributed by atoms with Crippen LogP contribution in [0.4, 0.5) is 0 Å². The molecule has 1 heterocycles. The van der Waals surface area contributed by atoms with Crippen molar-refractivity contribution in [2.75, 3.05) is 11.5 Å². The van der Waals surface area contributed by atoms with Gasteiger partial charge in [0.15, 0.2) is 0 Å². The lowest BCUT2D eigenvalue weighted by Crippen LogP contribution is -2.17. The summed E-state index contributed by atoms with van der Waals surface area (Å²) in [5.41, 5.74) is 8.68. The van der Waals surface area contributed by atoms with Crippen LogP contribution in [0.1, 0.15) is 25.8 Å². The Bertz CT molecular complexity index is 516. The smallest absolute Gasteiger partial charge is 0.0483 e. The highest BCUT2D eigenvalue weighted by Crippen LogP contribution is 2.23. The number of benzene rings is 1. The van der Waals surface area contributed by atoms with Crippen LogP contribution in [0.15, 0.2) is 30.5 Å². The number of para-hydroxylation sites is 1. The molecule has 1 atom stereocenters. The second kappa shape index (κ2) is 7.01. The van der Waals surface area contributed by atoms with Crippen molar-refractivity contribution in [3.8, 4) is 0 Å². The first-order chi connectivity index (χ1) is 9.22. The summed E-state index contributed by atoms with van der Waals surface area (Å²) < 4.78 is 2.39. The van der Waals surface area contributed by atoms with Gasteiger partial charge in [0.05, 0.1) is 0 Å². The monoisotopic (exact) mass is 276 g/mol. The normalized spacial score (nSPS) is 13.0. The Morgan fingerprint density at radius 2 is 2.11 bits per heavy atom. The van der Waals surface area contributed by atoms with Crippen molar-refractivity contribution >= 4 is 22.7 Å². The molecule has 2 rings (SSSR count). The largest absolute Gasteiger partial charge is 0.347 e. The molecule has 1 aromatic carbocycles. The van der Waals surface area contributed by atoms with Crippen molar-refractivity contribution in [2.24, 2.45) is 5.73 Å². The fraction of sp³-hybridized carbons (Fsp3) is 0.500. The number of nitrogens with zero attached hydrogens (tertiary/aromatic N) is 1. The van der Waals surface area contributed by atoms with Gasteiger partial charge in [-0.15, -0.1) is 0 Å². The summed E-state index contributed by atoms with van der Waals surface area (Å²) in [7, 11) is 0. The number of aryl methyl sites for hydroxylation is 1. The topological polar surface area (TPSA) is 30.9 Å². The van der Waals surface area contributed by atoms with Crippen molar-refractivity contribution in [1.29, 1.82) is 0 Å². The minimum Gasteiger partial charge on any atom is -0.347 e. The highest BCUT2D eigenvalue weighted by atomic mass is 32.2. The van der Waals surface area contributed by atoms with Gasteiger partial charge in [0.2, 0.25) is 0 Å². The van der Waals surface area contributed by atoms with Gasteiger partial charge in [0, 0.05) is 29.7 Å². The Balaban J connectivity index is 2.18. The highest BCUT2D eigenvalue weighted by Gasteiger charge is 2.09. The molecule has 0 amide bonds. The third kappa shape index (κ3) is 3.77. The van der Waals surface area contributed by atoms with Crippen LogP contribution in [-0.4, -0.2) is 22.1 Å². The van der Waals surface area contributed by atoms with E-state index in [2.05, 4.69) is 48.9 Å². The van der Waals surface area contributed by atoms with Crippen LogP contribution in [-0.2, 0) is 13.0 Å². The maximum absolute atomic E-state index is 5.95. The van der Waals surface area contributed by atoms with Crippen molar-refractivity contribution in [3.63, 3.8) is 0 Å². The van der Waals surface area contributed by atoms with E-state index in [1.807, 2.05) is 11.8 Å². The average Bonchev–Trinajstić information content (AvgIpc) is 2.73. The first-order valence-corrected chi connectivity index (χ1v) is 8.28. The predicted molar refractivity (Wildman–Crippen MR) is 86.9 cm³/mol. The number of fused-ring (bicyclic) bond motifs is 1. The second-order valence-electron chi connectivity index (χ2n) is 5.10. The summed E-state index contributed by atoms with van der Waals surface area (Å²) in [6.07, 6.45) is 4.48. The van der Waals surface area contributed by atoms with Crippen molar-refractivity contribution in [3.05, 3.63) is 36.0 Å². The van der Waals surface area contributed by atoms with E-state index in [1.54, 1.807) is 0 Å². The summed E-state index contributed by atoms with van der Waals surface area (Å²) >= 11 is 2.02. The molecule has 2 N–H and O–H groups in total. The predicted octanol–water partition coefficient (Wildman–Crippen LogP) is 3.67. The maximum Gasteiger partial charge on any atom is 0.0483 e. The van der Waals surface area contributed by atoms with E-state index in [1.165, 1.54) is 34.4 Å². The quantitative estimate of drug-likeness (QED) is 0.782. The third-order valence-corrected chi connectivity index (χ3v) is 4.29. The Labute approximate surface area is 120 Å². The van der Waals surface area contributed by atoms with Crippen molar-refractivity contribution < 1.29 is 0 Å². The number of aromatic nitrogens is 1. The lowest BCUT2D eigenvalue weighted by atomic mass is 10.1. The molecule has 0 fully saturated rings. The number of thioether (sulfide) groups is 1. The molecular weight excluding hydrogens is 252 g/mol. The minimum absolute atomic E-state index is 0.218. The lowest BCUT2D eigenvalue weighted by molar-refractivity contribution is 0.696. The third-order valence-electron chi connectivity index (χ3n) is 3.30. The summed E-state index contributed by atoms with van der Waals surface area (Å²) in [5, 5.41) is 1.36. The summed E-state index contributed by atoms with van der Waals surface area (Å²) in [6.45, 7) is 5.40. The van der Waals surface area contributed by atoms with Gasteiger partial charge in [-0.3, -0.25) is 0 Å². The standard InChI is InChI=1S/C16H24N2S/c1-3-19-10-6-9-18-12-14(11-13(2)17)15-7-4-5-8-16(15)18/h4-5,7-8,12-13H,3,6,9-11,17H2,1-2H3. The van der Waals surface area contributed by atoms with Crippen molar-refractivity contribution in [1.82, 2.24) is 4.57 Å². The average molecular weight is 276 g/mol. The van der Waals surface area contributed by atoms with Crippen LogP contribution < -0.4 is 5.73 Å². The molecule has 0 saturated heterocycles. The van der Waals surface area contributed by atoms with Gasteiger partial charge < -0.3 is 10.3 Å². The summed E-state index contributed by atoms with van der Waals surface area (Å²) in [5.74, 6) is 2.45. The second-order valence-corrected chi connectivity index (χ2v) is 6.49. The molecule has 0 bridgehead atoms. The van der Waals surface area contributed by atoms with E-state index >= 15 is 0 Å². The van der Waals surface area contributed by atoms with Crippen LogP contribution in [0.2, 0.25) is 0 Å². The molecule has 0 spiro atoms. The molecule has 0 saturated carbocycles. The zero-order valence-electron chi connectivity index (χ0n) is 11.9. The van der Waals surface area contributed by atoms with Gasteiger partial charge in [-0.05, 0) is 42.9 Å².